The number of nitrogens with one attached hydrogen (secondary N) is 1. The Labute approximate surface area is 263 Å². The van der Waals surface area contributed by atoms with E-state index in [1.807, 2.05) is 12.4 Å². The molecular formula is C33H38N6O5S. The molecule has 3 N–H and O–H groups in total. The first kappa shape index (κ1) is 30.4. The molecule has 0 radical (unpaired) electrons. The molecule has 6 rings (SSSR count). The van der Waals surface area contributed by atoms with Crippen molar-refractivity contribution in [3.05, 3.63) is 83.4 Å². The van der Waals surface area contributed by atoms with E-state index in [9.17, 15) is 13.2 Å². The molecule has 1 saturated heterocycles. The second-order valence-electron chi connectivity index (χ2n) is 11.6. The molecule has 2 heterocycles. The number of hydrogen-bond donors (Lipinski definition) is 2. The van der Waals surface area contributed by atoms with Gasteiger partial charge in [-0.05, 0) is 91.1 Å². The summed E-state index contributed by atoms with van der Waals surface area (Å²) in [7, 11) is -2.82. The summed E-state index contributed by atoms with van der Waals surface area (Å²) < 4.78 is 40.7. The number of ether oxygens (including phenoxy) is 2. The average Bonchev–Trinajstić information content (AvgIpc) is 3.89. The molecule has 0 spiro atoms. The maximum absolute atomic E-state index is 14.2. The summed E-state index contributed by atoms with van der Waals surface area (Å²) in [5.74, 6) is 0.367. The number of guanidine groups is 1. The fourth-order valence-corrected chi connectivity index (χ4v) is 7.01. The first-order chi connectivity index (χ1) is 21.7. The molecule has 2 fully saturated rings. The first-order valence-electron chi connectivity index (χ1n) is 15.2. The molecule has 45 heavy (non-hydrogen) atoms. The third-order valence-corrected chi connectivity index (χ3v) is 10.2. The van der Waals surface area contributed by atoms with Gasteiger partial charge in [0.05, 0.1) is 30.1 Å². The number of carbonyl (C=O) groups excluding carboxylic acids is 1. The highest BCUT2D eigenvalue weighted by molar-refractivity contribution is 7.93. The van der Waals surface area contributed by atoms with Crippen molar-refractivity contribution in [3.63, 3.8) is 0 Å². The number of hydrogen-bond acceptors (Lipinski definition) is 7. The lowest BCUT2D eigenvalue weighted by atomic mass is 9.99. The lowest BCUT2D eigenvalue weighted by Gasteiger charge is -2.31. The first-order valence-corrected chi connectivity index (χ1v) is 16.6. The smallest absolute Gasteiger partial charge is 0.272 e. The number of fused-ring (bicyclic) bond motifs is 1. The third-order valence-electron chi connectivity index (χ3n) is 8.43. The summed E-state index contributed by atoms with van der Waals surface area (Å²) >= 11 is 0. The lowest BCUT2D eigenvalue weighted by molar-refractivity contribution is 0.100. The van der Waals surface area contributed by atoms with E-state index in [1.165, 1.54) is 32.1 Å². The molecule has 2 aliphatic heterocycles. The Bertz CT molecular complexity index is 1680. The number of carbonyl (C=O) groups is 1. The fourth-order valence-electron chi connectivity index (χ4n) is 5.60. The lowest BCUT2D eigenvalue weighted by Crippen LogP contribution is -2.40. The molecule has 3 aromatic rings. The van der Waals surface area contributed by atoms with E-state index >= 15 is 0 Å². The Hall–Kier alpha value is -4.58. The van der Waals surface area contributed by atoms with Gasteiger partial charge < -0.3 is 25.0 Å². The van der Waals surface area contributed by atoms with E-state index in [0.717, 1.165) is 41.4 Å². The van der Waals surface area contributed by atoms with Crippen LogP contribution in [0.2, 0.25) is 0 Å². The molecule has 0 atom stereocenters. The van der Waals surface area contributed by atoms with E-state index < -0.39 is 15.9 Å². The van der Waals surface area contributed by atoms with Gasteiger partial charge in [-0.15, -0.1) is 0 Å². The number of nitrogens with two attached hydrogens (primary N) is 1. The van der Waals surface area contributed by atoms with Crippen LogP contribution < -0.4 is 19.5 Å². The van der Waals surface area contributed by atoms with Crippen LogP contribution in [0.25, 0.3) is 0 Å². The van der Waals surface area contributed by atoms with Gasteiger partial charge in [-0.25, -0.2) is 8.42 Å². The largest absolute Gasteiger partial charge is 0.497 e. The molecule has 1 saturated carbocycles. The SMILES string of the molecule is COc1ccc(C(=O)N(c2ccc3c(c2)CN(C(=N)N)CC3)S(=O)(=O)c2ccc(OC3CCN(C=NC4CC4)CC3)cc2)cc1. The quantitative estimate of drug-likeness (QED) is 0.267. The monoisotopic (exact) mass is 630 g/mol. The topological polar surface area (TPSA) is 142 Å². The van der Waals surface area contributed by atoms with Crippen molar-refractivity contribution in [1.82, 2.24) is 9.80 Å². The number of likely N-dealkylation sites (tertiary alicyclic amines) is 1. The van der Waals surface area contributed by atoms with Crippen LogP contribution in [-0.4, -0.2) is 75.3 Å². The van der Waals surface area contributed by atoms with Crippen molar-refractivity contribution in [2.24, 2.45) is 10.7 Å². The van der Waals surface area contributed by atoms with Gasteiger partial charge in [0.1, 0.15) is 17.6 Å². The highest BCUT2D eigenvalue weighted by Gasteiger charge is 2.33. The number of amides is 1. The molecule has 1 aliphatic carbocycles. The van der Waals surface area contributed by atoms with Gasteiger partial charge in [0.25, 0.3) is 15.9 Å². The van der Waals surface area contributed by atoms with E-state index in [-0.39, 0.29) is 28.2 Å². The minimum atomic E-state index is -4.34. The summed E-state index contributed by atoms with van der Waals surface area (Å²) in [5.41, 5.74) is 7.97. The molecule has 0 unspecified atom stereocenters. The van der Waals surface area contributed by atoms with Gasteiger partial charge in [0, 0.05) is 44.6 Å². The predicted octanol–water partition coefficient (Wildman–Crippen LogP) is 4.02. The molecule has 0 aromatic heterocycles. The van der Waals surface area contributed by atoms with Crippen LogP contribution in [0.1, 0.15) is 47.2 Å². The number of aliphatic imine (C=N–C) groups is 1. The Kier molecular flexibility index (Phi) is 8.66. The summed E-state index contributed by atoms with van der Waals surface area (Å²) in [6.07, 6.45) is 6.71. The minimum Gasteiger partial charge on any atom is -0.497 e. The van der Waals surface area contributed by atoms with Crippen molar-refractivity contribution >= 4 is 33.9 Å². The van der Waals surface area contributed by atoms with Gasteiger partial charge in [-0.2, -0.15) is 4.31 Å². The highest BCUT2D eigenvalue weighted by Crippen LogP contribution is 2.32. The highest BCUT2D eigenvalue weighted by atomic mass is 32.2. The summed E-state index contributed by atoms with van der Waals surface area (Å²) in [5, 5.41) is 7.85. The predicted molar refractivity (Wildman–Crippen MR) is 173 cm³/mol. The van der Waals surface area contributed by atoms with Crippen molar-refractivity contribution in [2.75, 3.05) is 31.0 Å². The zero-order chi connectivity index (χ0) is 31.6. The van der Waals surface area contributed by atoms with E-state index in [2.05, 4.69) is 9.89 Å². The third kappa shape index (κ3) is 6.90. The van der Waals surface area contributed by atoms with E-state index in [0.29, 0.717) is 37.1 Å². The van der Waals surface area contributed by atoms with Gasteiger partial charge in [-0.3, -0.25) is 15.2 Å². The van der Waals surface area contributed by atoms with E-state index in [1.54, 1.807) is 53.4 Å². The number of sulfonamides is 1. The van der Waals surface area contributed by atoms with Crippen LogP contribution in [-0.2, 0) is 23.0 Å². The molecular weight excluding hydrogens is 592 g/mol. The van der Waals surface area contributed by atoms with Crippen molar-refractivity contribution in [3.8, 4) is 11.5 Å². The summed E-state index contributed by atoms with van der Waals surface area (Å²) in [4.78, 5) is 22.4. The second kappa shape index (κ2) is 12.8. The van der Waals surface area contributed by atoms with Gasteiger partial charge in [-0.1, -0.05) is 6.07 Å². The number of piperidine rings is 1. The van der Waals surface area contributed by atoms with Crippen LogP contribution >= 0.6 is 0 Å². The molecule has 1 amide bonds. The number of methoxy groups -OCH3 is 1. The molecule has 11 nitrogen and oxygen atoms in total. The fraction of sp³-hybridized carbons (Fsp3) is 0.364. The summed E-state index contributed by atoms with van der Waals surface area (Å²) in [6, 6.07) is 18.2. The maximum Gasteiger partial charge on any atom is 0.272 e. The van der Waals surface area contributed by atoms with Crippen LogP contribution in [0, 0.1) is 5.41 Å². The van der Waals surface area contributed by atoms with E-state index in [4.69, 9.17) is 20.6 Å². The molecule has 3 aliphatic rings. The maximum atomic E-state index is 14.2. The molecule has 236 valence electrons. The number of nitrogens with zero attached hydrogens (tertiary/aromatic N) is 4. The van der Waals surface area contributed by atoms with Crippen molar-refractivity contribution in [1.29, 1.82) is 5.41 Å². The van der Waals surface area contributed by atoms with Crippen molar-refractivity contribution < 1.29 is 22.7 Å². The molecule has 3 aromatic carbocycles. The normalized spacial score (nSPS) is 17.2. The van der Waals surface area contributed by atoms with Crippen LogP contribution in [0.15, 0.2) is 76.6 Å². The molecule has 12 heteroatoms. The van der Waals surface area contributed by atoms with Crippen LogP contribution in [0.5, 0.6) is 11.5 Å². The van der Waals surface area contributed by atoms with Gasteiger partial charge in [0.2, 0.25) is 0 Å². The Balaban J connectivity index is 1.24. The van der Waals surface area contributed by atoms with Crippen LogP contribution in [0.4, 0.5) is 5.69 Å². The number of rotatable bonds is 9. The summed E-state index contributed by atoms with van der Waals surface area (Å²) in [6.45, 7) is 2.67. The van der Waals surface area contributed by atoms with Gasteiger partial charge >= 0.3 is 0 Å². The zero-order valence-electron chi connectivity index (χ0n) is 25.3. The molecule has 0 bridgehead atoms. The zero-order valence-corrected chi connectivity index (χ0v) is 26.1. The Morgan fingerprint density at radius 3 is 2.29 bits per heavy atom. The number of benzene rings is 3. The average molecular weight is 631 g/mol. The Morgan fingerprint density at radius 2 is 1.64 bits per heavy atom. The number of anilines is 1. The Morgan fingerprint density at radius 1 is 0.956 bits per heavy atom. The van der Waals surface area contributed by atoms with Crippen molar-refractivity contribution in [2.45, 2.75) is 55.7 Å². The second-order valence-corrected chi connectivity index (χ2v) is 13.4. The minimum absolute atomic E-state index is 0.0243. The standard InChI is InChI=1S/C33H38N6O5S/c1-43-28-8-3-24(4-9-28)32(40)39(27-7-2-23-14-19-38(33(34)35)21-25(23)20-27)45(41,42)31-12-10-29(11-13-31)44-30-15-17-37(18-16-30)22-36-26-5-6-26/h2-4,7-13,20,22,26,30H,5-6,14-19,21H2,1H3,(H3,34,35). The van der Waals surface area contributed by atoms with Crippen LogP contribution in [0.3, 0.4) is 0 Å². The van der Waals surface area contributed by atoms with Gasteiger partial charge in [0.15, 0.2) is 5.96 Å².